The number of halogens is 6. The van der Waals surface area contributed by atoms with Gasteiger partial charge in [0.1, 0.15) is 12.1 Å². The zero-order valence-corrected chi connectivity index (χ0v) is 29.3. The van der Waals surface area contributed by atoms with Gasteiger partial charge in [-0.25, -0.2) is 23.6 Å². The molecule has 1 aliphatic carbocycles. The molecule has 0 saturated heterocycles. The van der Waals surface area contributed by atoms with Crippen LogP contribution in [0.1, 0.15) is 57.2 Å². The average molecular weight is 751 g/mol. The molecule has 0 bridgehead atoms. The molecule has 0 radical (unpaired) electrons. The Morgan fingerprint density at radius 2 is 1.77 bits per heavy atom. The number of nitrogens with zero attached hydrogens (tertiary/aromatic N) is 8. The Bertz CT molecular complexity index is 1880. The largest absolute Gasteiger partial charge is 0.447 e. The highest BCUT2D eigenvalue weighted by Gasteiger charge is 2.64. The molecule has 1 fully saturated rings. The summed E-state index contributed by atoms with van der Waals surface area (Å²) in [6, 6.07) is 9.40. The Labute approximate surface area is 300 Å². The molecular formula is C33H36ClF5N10O3. The molecule has 2 amide bonds. The molecule has 0 spiro atoms. The second-order valence-corrected chi connectivity index (χ2v) is 13.9. The zero-order chi connectivity index (χ0) is 38.2. The number of carbonyl (C=O) groups excluding carboxylic acids is 2. The van der Waals surface area contributed by atoms with Crippen molar-refractivity contribution in [3.63, 3.8) is 0 Å². The number of anilines is 1. The van der Waals surface area contributed by atoms with Gasteiger partial charge in [-0.2, -0.15) is 33.3 Å². The van der Waals surface area contributed by atoms with E-state index < -0.39 is 59.6 Å². The molecule has 2 heterocycles. The molecule has 1 aliphatic heterocycles. The summed E-state index contributed by atoms with van der Waals surface area (Å²) < 4.78 is 74.1. The van der Waals surface area contributed by atoms with Crippen LogP contribution in [0.5, 0.6) is 0 Å². The van der Waals surface area contributed by atoms with Crippen molar-refractivity contribution < 1.29 is 36.3 Å². The molecule has 0 unspecified atom stereocenters. The molecule has 52 heavy (non-hydrogen) atoms. The number of aliphatic imine (C=N–C) groups is 2. The van der Waals surface area contributed by atoms with E-state index in [9.17, 15) is 31.5 Å². The number of amidine groups is 1. The van der Waals surface area contributed by atoms with Crippen molar-refractivity contribution in [1.82, 2.24) is 25.2 Å². The maximum absolute atomic E-state index is 14.9. The molecule has 3 aromatic rings. The van der Waals surface area contributed by atoms with Crippen LogP contribution in [0.3, 0.4) is 0 Å². The molecule has 19 heteroatoms. The Morgan fingerprint density at radius 1 is 1.13 bits per heavy atom. The van der Waals surface area contributed by atoms with Gasteiger partial charge in [-0.15, -0.1) is 0 Å². The highest BCUT2D eigenvalue weighted by atomic mass is 35.5. The molecule has 278 valence electrons. The van der Waals surface area contributed by atoms with Gasteiger partial charge < -0.3 is 15.8 Å². The first-order valence-electron chi connectivity index (χ1n) is 15.9. The molecule has 2 atom stereocenters. The summed E-state index contributed by atoms with van der Waals surface area (Å²) in [7, 11) is 1.12. The SMILES string of the molecule is C=NN(C(=NC)C(F)F)c1cc([C@@H](COC(=O)NC2(C(F)(F)F)CC2)N2C(=O)[C@@](CC(C)(C)C)(c3ccc(-n4nccn4)cc3)N=C2N)ccc1Cl. The fourth-order valence-corrected chi connectivity index (χ4v) is 6.26. The van der Waals surface area contributed by atoms with E-state index in [-0.39, 0.29) is 41.5 Å². The van der Waals surface area contributed by atoms with Gasteiger partial charge in [0.15, 0.2) is 17.3 Å². The third-order valence-corrected chi connectivity index (χ3v) is 8.91. The van der Waals surface area contributed by atoms with Gasteiger partial charge in [0, 0.05) is 13.8 Å². The second-order valence-electron chi connectivity index (χ2n) is 13.5. The van der Waals surface area contributed by atoms with E-state index >= 15 is 0 Å². The van der Waals surface area contributed by atoms with Crippen molar-refractivity contribution >= 4 is 47.8 Å². The number of nitrogens with one attached hydrogen (secondary N) is 1. The predicted molar refractivity (Wildman–Crippen MR) is 184 cm³/mol. The lowest BCUT2D eigenvalue weighted by Crippen LogP contribution is -2.50. The topological polar surface area (TPSA) is 156 Å². The molecule has 2 aliphatic rings. The van der Waals surface area contributed by atoms with E-state index in [1.165, 1.54) is 35.4 Å². The second kappa shape index (κ2) is 14.1. The molecule has 1 saturated carbocycles. The van der Waals surface area contributed by atoms with Crippen LogP contribution in [0.2, 0.25) is 5.02 Å². The van der Waals surface area contributed by atoms with E-state index in [1.54, 1.807) is 24.3 Å². The highest BCUT2D eigenvalue weighted by Crippen LogP contribution is 2.49. The van der Waals surface area contributed by atoms with E-state index in [2.05, 4.69) is 27.0 Å². The van der Waals surface area contributed by atoms with Crippen LogP contribution in [0, 0.1) is 5.41 Å². The summed E-state index contributed by atoms with van der Waals surface area (Å²) >= 11 is 6.42. The Balaban J connectivity index is 1.58. The monoisotopic (exact) mass is 750 g/mol. The average Bonchev–Trinajstić information content (AvgIpc) is 3.57. The number of carbonyl (C=O) groups is 2. The molecule has 13 nitrogen and oxygen atoms in total. The predicted octanol–water partition coefficient (Wildman–Crippen LogP) is 5.99. The van der Waals surface area contributed by atoms with Gasteiger partial charge in [-0.05, 0) is 60.1 Å². The zero-order valence-electron chi connectivity index (χ0n) is 28.5. The Kier molecular flexibility index (Phi) is 10.3. The summed E-state index contributed by atoms with van der Waals surface area (Å²) in [5.41, 5.74) is 3.00. The number of hydrazone groups is 1. The van der Waals surface area contributed by atoms with Gasteiger partial charge in [0.25, 0.3) is 12.3 Å². The summed E-state index contributed by atoms with van der Waals surface area (Å²) in [6.45, 7) is 8.32. The third kappa shape index (κ3) is 7.42. The summed E-state index contributed by atoms with van der Waals surface area (Å²) in [6.07, 6.45) is -6.74. The number of alkyl carbamates (subject to hydrolysis) is 1. The van der Waals surface area contributed by atoms with Gasteiger partial charge >= 0.3 is 12.3 Å². The van der Waals surface area contributed by atoms with Crippen LogP contribution in [-0.4, -0.2) is 82.2 Å². The number of guanidine groups is 1. The van der Waals surface area contributed by atoms with Crippen LogP contribution in [0.25, 0.3) is 5.69 Å². The minimum Gasteiger partial charge on any atom is -0.447 e. The number of benzene rings is 2. The van der Waals surface area contributed by atoms with Crippen LogP contribution >= 0.6 is 11.6 Å². The van der Waals surface area contributed by atoms with Crippen LogP contribution in [0.4, 0.5) is 32.4 Å². The lowest BCUT2D eigenvalue weighted by atomic mass is 9.75. The van der Waals surface area contributed by atoms with Crippen LogP contribution in [0.15, 0.2) is 69.9 Å². The van der Waals surface area contributed by atoms with Crippen LogP contribution < -0.4 is 16.1 Å². The van der Waals surface area contributed by atoms with Crippen molar-refractivity contribution in [2.24, 2.45) is 26.2 Å². The fourth-order valence-electron chi connectivity index (χ4n) is 6.06. The number of rotatable bonds is 11. The molecule has 5 rings (SSSR count). The Morgan fingerprint density at radius 3 is 2.29 bits per heavy atom. The number of hydrogen-bond donors (Lipinski definition) is 2. The quantitative estimate of drug-likeness (QED) is 0.106. The molecular weight excluding hydrogens is 715 g/mol. The molecule has 1 aromatic heterocycles. The van der Waals surface area contributed by atoms with Crippen molar-refractivity contribution in [2.45, 2.75) is 69.8 Å². The van der Waals surface area contributed by atoms with Gasteiger partial charge in [-0.1, -0.05) is 50.6 Å². The maximum atomic E-state index is 14.9. The number of nitrogens with two attached hydrogens (primary N) is 1. The molecule has 3 N–H and O–H groups in total. The Hall–Kier alpha value is -5.13. The van der Waals surface area contributed by atoms with Crippen molar-refractivity contribution in [3.05, 3.63) is 71.0 Å². The number of alkyl halides is 5. The van der Waals surface area contributed by atoms with Gasteiger partial charge in [0.2, 0.25) is 0 Å². The van der Waals surface area contributed by atoms with E-state index in [0.29, 0.717) is 16.3 Å². The van der Waals surface area contributed by atoms with Gasteiger partial charge in [-0.3, -0.25) is 14.7 Å². The van der Waals surface area contributed by atoms with Crippen molar-refractivity contribution in [1.29, 1.82) is 0 Å². The number of aromatic nitrogens is 3. The van der Waals surface area contributed by atoms with Gasteiger partial charge in [0.05, 0.1) is 34.8 Å². The van der Waals surface area contributed by atoms with Crippen LogP contribution in [-0.2, 0) is 15.1 Å². The lowest BCUT2D eigenvalue weighted by Gasteiger charge is -2.35. The molecule has 2 aromatic carbocycles. The third-order valence-electron chi connectivity index (χ3n) is 8.59. The number of amides is 2. The first-order valence-corrected chi connectivity index (χ1v) is 16.2. The highest BCUT2D eigenvalue weighted by molar-refractivity contribution is 6.34. The lowest BCUT2D eigenvalue weighted by molar-refractivity contribution is -0.164. The fraction of sp³-hybridized carbons (Fsp3) is 0.424. The summed E-state index contributed by atoms with van der Waals surface area (Å²) in [5, 5.41) is 14.4. The minimum absolute atomic E-state index is 0.0700. The smallest absolute Gasteiger partial charge is 0.411 e. The first-order chi connectivity index (χ1) is 24.4. The van der Waals surface area contributed by atoms with Crippen molar-refractivity contribution in [3.8, 4) is 5.69 Å². The van der Waals surface area contributed by atoms with E-state index in [0.717, 1.165) is 11.9 Å². The minimum atomic E-state index is -4.72. The van der Waals surface area contributed by atoms with E-state index in [4.69, 9.17) is 27.1 Å². The summed E-state index contributed by atoms with van der Waals surface area (Å²) in [5.74, 6) is -1.75. The summed E-state index contributed by atoms with van der Waals surface area (Å²) in [4.78, 5) is 38.5. The standard InChI is InChI=1S/C33H36ClF5N10O3/c1-30(2,3)18-32(20-7-9-21(10-8-20)49-43-14-15-44-49)27(50)47(28(40)45-32)24(17-52-29(51)46-31(12-13-31)33(37,38)39)19-6-11-22(34)23(16-19)48(42-5)26(41-4)25(35)36/h6-11,14-16,24-25H,5,12-13,17-18H2,1-4H3,(H2,40,45)(H,46,51)/t24-,32-/m1/s1. The van der Waals surface area contributed by atoms with E-state index in [1.807, 2.05) is 26.1 Å². The maximum Gasteiger partial charge on any atom is 0.411 e. The number of hydrogen-bond acceptors (Lipinski definition) is 9. The van der Waals surface area contributed by atoms with Crippen molar-refractivity contribution in [2.75, 3.05) is 18.7 Å². The number of ether oxygens (including phenoxy) is 1. The normalized spacial score (nSPS) is 19.4. The first kappa shape index (κ1) is 38.1.